The van der Waals surface area contributed by atoms with Gasteiger partial charge >= 0.3 is 18.3 Å². The number of aromatic nitrogens is 1. The molecule has 2 atom stereocenters. The minimum absolute atomic E-state index is 0.0778. The summed E-state index contributed by atoms with van der Waals surface area (Å²) in [6.07, 6.45) is -6.95. The van der Waals surface area contributed by atoms with Gasteiger partial charge in [0.1, 0.15) is 5.82 Å². The van der Waals surface area contributed by atoms with Crippen LogP contribution in [-0.2, 0) is 28.4 Å². The van der Waals surface area contributed by atoms with Crippen LogP contribution in [0.3, 0.4) is 0 Å². The second kappa shape index (κ2) is 16.3. The molecule has 1 unspecified atom stereocenters. The third kappa shape index (κ3) is 10.3. The minimum atomic E-state index is -4.87. The van der Waals surface area contributed by atoms with Gasteiger partial charge in [0.05, 0.1) is 23.6 Å². The van der Waals surface area contributed by atoms with Gasteiger partial charge in [0.15, 0.2) is 5.78 Å². The Kier molecular flexibility index (Phi) is 13.2. The van der Waals surface area contributed by atoms with Crippen molar-refractivity contribution in [3.8, 4) is 11.1 Å². The van der Waals surface area contributed by atoms with Crippen LogP contribution in [0.15, 0.2) is 47.4 Å². The molecule has 0 bridgehead atoms. The van der Waals surface area contributed by atoms with Gasteiger partial charge in [-0.25, -0.2) is 4.39 Å². The summed E-state index contributed by atoms with van der Waals surface area (Å²) in [6, 6.07) is 7.35. The van der Waals surface area contributed by atoms with E-state index in [0.29, 0.717) is 24.6 Å². The summed E-state index contributed by atoms with van der Waals surface area (Å²) in [7, 11) is 0. The molecule has 1 aliphatic heterocycles. The summed E-state index contributed by atoms with van der Waals surface area (Å²) in [6.45, 7) is 12.4. The summed E-state index contributed by atoms with van der Waals surface area (Å²) < 4.78 is 95.5. The molecule has 274 valence electrons. The number of carbonyl (C=O) groups is 2. The second-order valence-corrected chi connectivity index (χ2v) is 13.3. The smallest absolute Gasteiger partial charge is 0.419 e. The van der Waals surface area contributed by atoms with Crippen molar-refractivity contribution in [2.75, 3.05) is 19.6 Å². The first kappa shape index (κ1) is 40.4. The molecule has 1 N–H and O–H groups in total. The maximum atomic E-state index is 14.5. The van der Waals surface area contributed by atoms with E-state index in [9.17, 15) is 45.1 Å². The lowest BCUT2D eigenvalue weighted by Gasteiger charge is -2.31. The number of hydrogen-bond donors (Lipinski definition) is 1. The van der Waals surface area contributed by atoms with Gasteiger partial charge in [-0.3, -0.25) is 14.4 Å². The number of alkyl halides is 6. The molecule has 2 heterocycles. The Morgan fingerprint density at radius 3 is 1.96 bits per heavy atom. The molecule has 0 saturated carbocycles. The number of carboxylic acids is 1. The van der Waals surface area contributed by atoms with E-state index < -0.39 is 59.2 Å². The van der Waals surface area contributed by atoms with Crippen LogP contribution in [0.2, 0.25) is 0 Å². The van der Waals surface area contributed by atoms with Gasteiger partial charge in [-0.15, -0.1) is 0 Å². The van der Waals surface area contributed by atoms with Crippen molar-refractivity contribution in [1.29, 1.82) is 0 Å². The van der Waals surface area contributed by atoms with E-state index >= 15 is 0 Å². The number of rotatable bonds is 11. The molecule has 1 aliphatic rings. The number of halogens is 7. The van der Waals surface area contributed by atoms with Gasteiger partial charge in [-0.2, -0.15) is 26.3 Å². The number of ketones is 1. The second-order valence-electron chi connectivity index (χ2n) is 13.3. The van der Waals surface area contributed by atoms with Crippen LogP contribution in [0.25, 0.3) is 11.1 Å². The predicted molar refractivity (Wildman–Crippen MR) is 177 cm³/mol. The fourth-order valence-electron chi connectivity index (χ4n) is 6.10. The number of pyridine rings is 1. The van der Waals surface area contributed by atoms with Crippen molar-refractivity contribution >= 4 is 11.8 Å². The number of carboxylic acid groups (broad SMARTS) is 1. The van der Waals surface area contributed by atoms with E-state index in [1.54, 1.807) is 32.0 Å². The fourth-order valence-corrected chi connectivity index (χ4v) is 6.10. The lowest BCUT2D eigenvalue weighted by molar-refractivity contribution is -0.140. The Labute approximate surface area is 286 Å². The maximum absolute atomic E-state index is 14.5. The normalized spacial score (nSPS) is 14.8. The molecule has 13 heteroatoms. The number of nitrogens with zero attached hydrogens (tertiary/aromatic N) is 2. The van der Waals surface area contributed by atoms with Gasteiger partial charge < -0.3 is 14.6 Å². The predicted octanol–water partition coefficient (Wildman–Crippen LogP) is 9.00. The van der Waals surface area contributed by atoms with Crippen molar-refractivity contribution in [2.24, 2.45) is 5.92 Å². The van der Waals surface area contributed by atoms with Crippen molar-refractivity contribution in [3.63, 3.8) is 0 Å². The number of aliphatic carboxylic acids is 1. The van der Waals surface area contributed by atoms with Crippen LogP contribution < -0.4 is 5.56 Å². The van der Waals surface area contributed by atoms with E-state index in [0.717, 1.165) is 36.7 Å². The lowest BCUT2D eigenvalue weighted by atomic mass is 9.88. The number of Topliss-reactive ketones (excluding diaryl/α,β-unsaturated/α-hetero) is 1. The van der Waals surface area contributed by atoms with Crippen LogP contribution in [0.1, 0.15) is 92.3 Å². The summed E-state index contributed by atoms with van der Waals surface area (Å²) >= 11 is 0. The van der Waals surface area contributed by atoms with Crippen LogP contribution in [0, 0.1) is 25.6 Å². The Bertz CT molecular complexity index is 1720. The Hall–Kier alpha value is -4.00. The maximum Gasteiger partial charge on any atom is 0.419 e. The van der Waals surface area contributed by atoms with Crippen molar-refractivity contribution in [2.45, 2.75) is 91.5 Å². The zero-order chi connectivity index (χ0) is 37.7. The van der Waals surface area contributed by atoms with Crippen LogP contribution in [0.5, 0.6) is 0 Å². The van der Waals surface area contributed by atoms with E-state index in [2.05, 4.69) is 4.90 Å². The molecule has 3 aromatic rings. The molecule has 1 fully saturated rings. The van der Waals surface area contributed by atoms with E-state index in [1.807, 2.05) is 13.8 Å². The van der Waals surface area contributed by atoms with Crippen LogP contribution >= 0.6 is 0 Å². The fraction of sp³-hybridized carbons (Fsp3) is 0.486. The minimum Gasteiger partial charge on any atom is -0.481 e. The van der Waals surface area contributed by atoms with Crippen molar-refractivity contribution < 1.29 is 45.4 Å². The first-order valence-corrected chi connectivity index (χ1v) is 16.4. The lowest BCUT2D eigenvalue weighted by Crippen LogP contribution is -2.39. The number of likely N-dealkylation sites (tertiary alicyclic amines) is 1. The average molecular weight is 713 g/mol. The number of benzene rings is 2. The molecule has 1 saturated heterocycles. The number of carbonyl (C=O) groups excluding carboxylic acids is 1. The Morgan fingerprint density at radius 2 is 1.50 bits per heavy atom. The summed E-state index contributed by atoms with van der Waals surface area (Å²) in [5.74, 6) is -3.56. The molecule has 6 nitrogen and oxygen atoms in total. The van der Waals surface area contributed by atoms with Gasteiger partial charge in [0.2, 0.25) is 0 Å². The molecular weight excluding hydrogens is 669 g/mol. The third-order valence-corrected chi connectivity index (χ3v) is 8.80. The Balaban J connectivity index is 0.000000270. The monoisotopic (exact) mass is 712 g/mol. The highest BCUT2D eigenvalue weighted by Gasteiger charge is 2.37. The largest absolute Gasteiger partial charge is 0.481 e. The average Bonchev–Trinajstić information content (AvgIpc) is 2.95. The highest BCUT2D eigenvalue weighted by Crippen LogP contribution is 2.40. The SMILES string of the molecule is CC(=O)C(CC(C)C)n1cc(CCN2CCC2)c(C(F)(F)F)cc1=O.Cc1cccc(C)c1-c1cc([C@@H](C)CC(=O)O)c(F)c(C(F)(F)F)c1. The highest BCUT2D eigenvalue weighted by molar-refractivity contribution is 5.80. The molecule has 2 aromatic carbocycles. The molecule has 0 radical (unpaired) electrons. The summed E-state index contributed by atoms with van der Waals surface area (Å²) in [4.78, 5) is 37.2. The topological polar surface area (TPSA) is 79.6 Å². The van der Waals surface area contributed by atoms with Crippen molar-refractivity contribution in [1.82, 2.24) is 9.47 Å². The molecule has 1 aromatic heterocycles. The summed E-state index contributed by atoms with van der Waals surface area (Å²) in [5.41, 5.74) is -0.854. The summed E-state index contributed by atoms with van der Waals surface area (Å²) in [5, 5.41) is 8.90. The molecule has 50 heavy (non-hydrogen) atoms. The van der Waals surface area contributed by atoms with Gasteiger partial charge in [-0.05, 0) is 110 Å². The zero-order valence-corrected chi connectivity index (χ0v) is 28.9. The van der Waals surface area contributed by atoms with Gasteiger partial charge in [0, 0.05) is 18.8 Å². The molecule has 0 amide bonds. The standard InChI is InChI=1S/C19H18F4O2.C18H25F3N2O2/c1-10-5-4-6-11(2)17(10)13-8-14(12(3)7-16(24)25)18(20)15(9-13)19(21,22)23;1-12(2)9-16(13(3)24)23-11-14(5-8-22-6-4-7-22)15(10-17(23)25)18(19,20)21/h4-6,8-9,12H,7H2,1-3H3,(H,24,25);10-12,16H,4-9H2,1-3H3/t12-;/m0./s1. The van der Waals surface area contributed by atoms with Crippen LogP contribution in [-0.4, -0.2) is 46.0 Å². The number of aryl methyl sites for hydroxylation is 2. The van der Waals surface area contributed by atoms with E-state index in [4.69, 9.17) is 5.11 Å². The van der Waals surface area contributed by atoms with Gasteiger partial charge in [-0.1, -0.05) is 39.0 Å². The third-order valence-electron chi connectivity index (χ3n) is 8.80. The highest BCUT2D eigenvalue weighted by atomic mass is 19.4. The number of hydrogen-bond acceptors (Lipinski definition) is 4. The van der Waals surface area contributed by atoms with E-state index in [1.165, 1.54) is 30.7 Å². The molecular formula is C37H43F7N2O4. The van der Waals surface area contributed by atoms with E-state index in [-0.39, 0.29) is 34.8 Å². The van der Waals surface area contributed by atoms with Crippen LogP contribution in [0.4, 0.5) is 30.7 Å². The quantitative estimate of drug-likeness (QED) is 0.201. The molecule has 0 aliphatic carbocycles. The first-order valence-electron chi connectivity index (χ1n) is 16.4. The first-order chi connectivity index (χ1) is 23.1. The Morgan fingerprint density at radius 1 is 0.920 bits per heavy atom. The molecule has 4 rings (SSSR count). The molecule has 0 spiro atoms. The zero-order valence-electron chi connectivity index (χ0n) is 28.9. The van der Waals surface area contributed by atoms with Crippen molar-refractivity contribution in [3.05, 3.63) is 92.1 Å². The van der Waals surface area contributed by atoms with Gasteiger partial charge in [0.25, 0.3) is 5.56 Å².